The summed E-state index contributed by atoms with van der Waals surface area (Å²) in [5.74, 6) is 0.222. The fourth-order valence-corrected chi connectivity index (χ4v) is 5.60. The Morgan fingerprint density at radius 1 is 0.722 bits per heavy atom. The molecule has 0 radical (unpaired) electrons. The number of hydrogen-bond acceptors (Lipinski definition) is 2. The quantitative estimate of drug-likeness (QED) is 0.260. The third kappa shape index (κ3) is 4.72. The molecule has 1 fully saturated rings. The molecule has 3 nitrogen and oxygen atoms in total. The third-order valence-corrected chi connectivity index (χ3v) is 7.33. The molecular formula is C33H33NO2. The monoisotopic (exact) mass is 475 g/mol. The minimum absolute atomic E-state index is 0.0134. The predicted molar refractivity (Wildman–Crippen MR) is 145 cm³/mol. The summed E-state index contributed by atoms with van der Waals surface area (Å²) >= 11 is 0. The molecule has 0 aromatic heterocycles. The smallest absolute Gasteiger partial charge is 0.226 e. The predicted octanol–water partition coefficient (Wildman–Crippen LogP) is 6.47. The van der Waals surface area contributed by atoms with Crippen molar-refractivity contribution >= 4 is 5.91 Å². The van der Waals surface area contributed by atoms with Crippen molar-refractivity contribution in [1.29, 1.82) is 0 Å². The molecule has 0 N–H and O–H groups in total. The van der Waals surface area contributed by atoms with Gasteiger partial charge in [0.25, 0.3) is 0 Å². The first-order chi connectivity index (χ1) is 17.7. The molecule has 1 aliphatic rings. The highest BCUT2D eigenvalue weighted by atomic mass is 16.5. The minimum Gasteiger partial charge on any atom is -0.359 e. The van der Waals surface area contributed by atoms with E-state index in [2.05, 4.69) is 91.9 Å². The number of carbonyl (C=O) groups excluding carboxylic acids is 1. The van der Waals surface area contributed by atoms with Crippen molar-refractivity contribution in [3.63, 3.8) is 0 Å². The Kier molecular flexibility index (Phi) is 7.29. The first-order valence-corrected chi connectivity index (χ1v) is 12.9. The molecule has 36 heavy (non-hydrogen) atoms. The van der Waals surface area contributed by atoms with Gasteiger partial charge in [0.2, 0.25) is 5.91 Å². The zero-order chi connectivity index (χ0) is 24.8. The molecule has 5 rings (SSSR count). The Morgan fingerprint density at radius 3 is 1.61 bits per heavy atom. The van der Waals surface area contributed by atoms with Crippen molar-refractivity contribution in [3.05, 3.63) is 144 Å². The second-order valence-corrected chi connectivity index (χ2v) is 9.49. The standard InChI is InChI=1S/C33H33NO2/c1-2-34-31(24-27(32(34)35)23-26-15-7-3-8-16-26)25-36-33(28-17-9-4-10-18-28,29-19-11-5-12-20-29)30-21-13-6-14-22-30/h3-22,27,31H,2,23-25H2,1H3. The maximum Gasteiger partial charge on any atom is 0.226 e. The number of rotatable bonds is 9. The number of ether oxygens (including phenoxy) is 1. The van der Waals surface area contributed by atoms with Gasteiger partial charge in [-0.05, 0) is 42.0 Å². The zero-order valence-corrected chi connectivity index (χ0v) is 20.8. The normalized spacial score (nSPS) is 17.9. The van der Waals surface area contributed by atoms with Gasteiger partial charge in [0, 0.05) is 12.5 Å². The molecule has 1 heterocycles. The molecular weight excluding hydrogens is 442 g/mol. The van der Waals surface area contributed by atoms with Crippen molar-refractivity contribution in [3.8, 4) is 0 Å². The lowest BCUT2D eigenvalue weighted by Crippen LogP contribution is -2.41. The fraction of sp³-hybridized carbons (Fsp3) is 0.242. The van der Waals surface area contributed by atoms with E-state index in [0.717, 1.165) is 29.5 Å². The largest absolute Gasteiger partial charge is 0.359 e. The first kappa shape index (κ1) is 24.0. The Labute approximate surface area is 214 Å². The van der Waals surface area contributed by atoms with E-state index in [4.69, 9.17) is 4.74 Å². The van der Waals surface area contributed by atoms with Crippen molar-refractivity contribution in [2.45, 2.75) is 31.4 Å². The molecule has 4 aromatic rings. The van der Waals surface area contributed by atoms with Crippen LogP contribution in [0.3, 0.4) is 0 Å². The average Bonchev–Trinajstić information content (AvgIpc) is 3.25. The molecule has 1 saturated heterocycles. The van der Waals surface area contributed by atoms with E-state index in [-0.39, 0.29) is 17.9 Å². The molecule has 1 aliphatic heterocycles. The number of nitrogens with zero attached hydrogens (tertiary/aromatic N) is 1. The van der Waals surface area contributed by atoms with Crippen LogP contribution in [0.15, 0.2) is 121 Å². The lowest BCUT2D eigenvalue weighted by atomic mass is 9.80. The number of amides is 1. The Morgan fingerprint density at radius 2 is 1.17 bits per heavy atom. The Balaban J connectivity index is 1.49. The number of hydrogen-bond donors (Lipinski definition) is 0. The highest BCUT2D eigenvalue weighted by molar-refractivity contribution is 5.81. The molecule has 1 amide bonds. The SMILES string of the molecule is CCN1C(=O)C(Cc2ccccc2)CC1COC(c1ccccc1)(c1ccccc1)c1ccccc1. The van der Waals surface area contributed by atoms with Gasteiger partial charge in [0.15, 0.2) is 0 Å². The first-order valence-electron chi connectivity index (χ1n) is 12.9. The van der Waals surface area contributed by atoms with Crippen LogP contribution >= 0.6 is 0 Å². The van der Waals surface area contributed by atoms with Crippen LogP contribution in [0.1, 0.15) is 35.6 Å². The summed E-state index contributed by atoms with van der Waals surface area (Å²) in [4.78, 5) is 15.4. The Hall–Kier alpha value is -3.69. The lowest BCUT2D eigenvalue weighted by Gasteiger charge is -2.37. The van der Waals surface area contributed by atoms with Crippen LogP contribution in [-0.2, 0) is 21.6 Å². The Bertz CT molecular complexity index is 1150. The van der Waals surface area contributed by atoms with Crippen molar-refractivity contribution in [2.24, 2.45) is 5.92 Å². The maximum absolute atomic E-state index is 13.4. The van der Waals surface area contributed by atoms with Crippen molar-refractivity contribution in [1.82, 2.24) is 4.90 Å². The zero-order valence-electron chi connectivity index (χ0n) is 20.8. The van der Waals surface area contributed by atoms with Crippen LogP contribution in [0, 0.1) is 5.92 Å². The van der Waals surface area contributed by atoms with Crippen LogP contribution in [0.5, 0.6) is 0 Å². The fourth-order valence-electron chi connectivity index (χ4n) is 5.60. The maximum atomic E-state index is 13.4. The van der Waals surface area contributed by atoms with Crippen LogP contribution in [-0.4, -0.2) is 30.0 Å². The van der Waals surface area contributed by atoms with Crippen LogP contribution < -0.4 is 0 Å². The van der Waals surface area contributed by atoms with E-state index in [9.17, 15) is 4.79 Å². The summed E-state index contributed by atoms with van der Waals surface area (Å²) in [5, 5.41) is 0. The topological polar surface area (TPSA) is 29.5 Å². The highest BCUT2D eigenvalue weighted by Gasteiger charge is 2.42. The molecule has 3 heteroatoms. The summed E-state index contributed by atoms with van der Waals surface area (Å²) in [6.45, 7) is 3.21. The van der Waals surface area contributed by atoms with Gasteiger partial charge in [0.05, 0.1) is 12.6 Å². The van der Waals surface area contributed by atoms with E-state index in [1.54, 1.807) is 0 Å². The molecule has 2 unspecified atom stereocenters. The van der Waals surface area contributed by atoms with Gasteiger partial charge >= 0.3 is 0 Å². The molecule has 0 bridgehead atoms. The van der Waals surface area contributed by atoms with Gasteiger partial charge in [-0.3, -0.25) is 4.79 Å². The lowest BCUT2D eigenvalue weighted by molar-refractivity contribution is -0.133. The number of likely N-dealkylation sites (N-methyl/N-ethyl adjacent to an activating group) is 1. The second kappa shape index (κ2) is 10.9. The van der Waals surface area contributed by atoms with E-state index in [0.29, 0.717) is 13.2 Å². The third-order valence-electron chi connectivity index (χ3n) is 7.33. The molecule has 4 aromatic carbocycles. The van der Waals surface area contributed by atoms with Gasteiger partial charge in [-0.15, -0.1) is 0 Å². The second-order valence-electron chi connectivity index (χ2n) is 9.49. The van der Waals surface area contributed by atoms with Gasteiger partial charge < -0.3 is 9.64 Å². The summed E-state index contributed by atoms with van der Waals surface area (Å²) in [6, 6.07) is 41.6. The van der Waals surface area contributed by atoms with Crippen LogP contribution in [0.4, 0.5) is 0 Å². The van der Waals surface area contributed by atoms with Gasteiger partial charge in [0.1, 0.15) is 5.60 Å². The summed E-state index contributed by atoms with van der Waals surface area (Å²) in [7, 11) is 0. The van der Waals surface area contributed by atoms with Crippen molar-refractivity contribution in [2.75, 3.05) is 13.2 Å². The van der Waals surface area contributed by atoms with E-state index < -0.39 is 5.60 Å². The number of carbonyl (C=O) groups is 1. The van der Waals surface area contributed by atoms with E-state index in [1.807, 2.05) is 41.3 Å². The molecule has 182 valence electrons. The summed E-state index contributed by atoms with van der Waals surface area (Å²) < 4.78 is 7.06. The van der Waals surface area contributed by atoms with Crippen LogP contribution in [0.25, 0.3) is 0 Å². The van der Waals surface area contributed by atoms with Crippen molar-refractivity contribution < 1.29 is 9.53 Å². The average molecular weight is 476 g/mol. The summed E-state index contributed by atoms with van der Waals surface area (Å²) in [6.07, 6.45) is 1.57. The number of likely N-dealkylation sites (tertiary alicyclic amines) is 1. The highest BCUT2D eigenvalue weighted by Crippen LogP contribution is 2.41. The minimum atomic E-state index is -0.774. The summed E-state index contributed by atoms with van der Waals surface area (Å²) in [5.41, 5.74) is 3.67. The number of benzene rings is 4. The van der Waals surface area contributed by atoms with Crippen LogP contribution in [0.2, 0.25) is 0 Å². The molecule has 0 saturated carbocycles. The van der Waals surface area contributed by atoms with Gasteiger partial charge in [-0.1, -0.05) is 121 Å². The molecule has 2 atom stereocenters. The van der Waals surface area contributed by atoms with Gasteiger partial charge in [-0.25, -0.2) is 0 Å². The molecule has 0 spiro atoms. The molecule has 0 aliphatic carbocycles. The van der Waals surface area contributed by atoms with Gasteiger partial charge in [-0.2, -0.15) is 0 Å². The van der Waals surface area contributed by atoms with E-state index >= 15 is 0 Å². The van der Waals surface area contributed by atoms with E-state index in [1.165, 1.54) is 5.56 Å².